The molecule has 0 aliphatic carbocycles. The number of halogens is 1. The normalized spacial score (nSPS) is 10.3. The average molecular weight is 333 g/mol. The van der Waals surface area contributed by atoms with Gasteiger partial charge in [-0.2, -0.15) is 0 Å². The second-order valence-corrected chi connectivity index (χ2v) is 5.54. The summed E-state index contributed by atoms with van der Waals surface area (Å²) in [7, 11) is 0. The van der Waals surface area contributed by atoms with Crippen LogP contribution in [0.1, 0.15) is 27.0 Å². The summed E-state index contributed by atoms with van der Waals surface area (Å²) >= 11 is 3.42. The molecule has 0 unspecified atom stereocenters. The lowest BCUT2D eigenvalue weighted by Crippen LogP contribution is -2.23. The van der Waals surface area contributed by atoms with Crippen LogP contribution in [0, 0.1) is 6.92 Å². The molecule has 2 aromatic carbocycles. The molecule has 0 spiro atoms. The Kier molecular flexibility index (Phi) is 4.93. The van der Waals surface area contributed by atoms with Crippen molar-refractivity contribution in [3.05, 3.63) is 69.2 Å². The molecule has 20 heavy (non-hydrogen) atoms. The second-order valence-electron chi connectivity index (χ2n) is 4.69. The number of nitrogens with one attached hydrogen (secondary N) is 1. The zero-order valence-electron chi connectivity index (χ0n) is 11.3. The van der Waals surface area contributed by atoms with Gasteiger partial charge in [0.25, 0.3) is 5.91 Å². The van der Waals surface area contributed by atoms with Crippen LogP contribution in [0.15, 0.2) is 46.9 Å². The monoisotopic (exact) mass is 332 g/mol. The van der Waals surface area contributed by atoms with Gasteiger partial charge in [0.15, 0.2) is 0 Å². The van der Waals surface area contributed by atoms with Crippen molar-refractivity contribution < 1.29 is 4.79 Å². The van der Waals surface area contributed by atoms with Crippen molar-refractivity contribution in [1.82, 2.24) is 5.32 Å². The summed E-state index contributed by atoms with van der Waals surface area (Å²) in [6.45, 7) is 3.03. The number of amides is 1. The highest BCUT2D eigenvalue weighted by atomic mass is 79.9. The molecule has 0 fully saturated rings. The fourth-order valence-corrected chi connectivity index (χ4v) is 2.55. The molecule has 2 aromatic rings. The molecule has 0 heterocycles. The number of hydrogen-bond acceptors (Lipinski definition) is 2. The second kappa shape index (κ2) is 6.68. The molecule has 0 aromatic heterocycles. The number of benzene rings is 2. The Morgan fingerprint density at radius 2 is 1.80 bits per heavy atom. The summed E-state index contributed by atoms with van der Waals surface area (Å²) in [4.78, 5) is 12.1. The van der Waals surface area contributed by atoms with Crippen molar-refractivity contribution in [3.8, 4) is 0 Å². The number of aryl methyl sites for hydroxylation is 1. The van der Waals surface area contributed by atoms with E-state index >= 15 is 0 Å². The lowest BCUT2D eigenvalue weighted by atomic mass is 10.1. The van der Waals surface area contributed by atoms with Crippen LogP contribution in [-0.2, 0) is 13.1 Å². The first-order chi connectivity index (χ1) is 9.60. The standard InChI is InChI=1S/C16H17BrN2O/c1-11-2-7-14(15(17)8-11)16(20)19-10-13-5-3-12(9-18)4-6-13/h2-8H,9-10,18H2,1H3,(H,19,20). The first-order valence-corrected chi connectivity index (χ1v) is 7.21. The Morgan fingerprint density at radius 3 is 2.40 bits per heavy atom. The van der Waals surface area contributed by atoms with Gasteiger partial charge in [0.05, 0.1) is 5.56 Å². The van der Waals surface area contributed by atoms with Gasteiger partial charge in [-0.3, -0.25) is 4.79 Å². The maximum absolute atomic E-state index is 12.1. The van der Waals surface area contributed by atoms with Gasteiger partial charge in [0, 0.05) is 17.6 Å². The Hall–Kier alpha value is -1.65. The molecule has 3 nitrogen and oxygen atoms in total. The van der Waals surface area contributed by atoms with Crippen molar-refractivity contribution in [2.45, 2.75) is 20.0 Å². The zero-order valence-corrected chi connectivity index (χ0v) is 12.9. The van der Waals surface area contributed by atoms with Crippen LogP contribution < -0.4 is 11.1 Å². The number of carbonyl (C=O) groups excluding carboxylic acids is 1. The number of hydrogen-bond donors (Lipinski definition) is 2. The molecule has 0 bridgehead atoms. The molecule has 0 saturated heterocycles. The largest absolute Gasteiger partial charge is 0.348 e. The predicted octanol–water partition coefficient (Wildman–Crippen LogP) is 3.15. The summed E-state index contributed by atoms with van der Waals surface area (Å²) in [5, 5.41) is 2.91. The van der Waals surface area contributed by atoms with Crippen molar-refractivity contribution >= 4 is 21.8 Å². The minimum atomic E-state index is -0.0835. The van der Waals surface area contributed by atoms with E-state index in [2.05, 4.69) is 21.2 Å². The van der Waals surface area contributed by atoms with Crippen molar-refractivity contribution in [1.29, 1.82) is 0 Å². The first kappa shape index (κ1) is 14.8. The van der Waals surface area contributed by atoms with Gasteiger partial charge in [-0.15, -0.1) is 0 Å². The Bertz CT molecular complexity index is 608. The molecule has 0 aliphatic rings. The van der Waals surface area contributed by atoms with Gasteiger partial charge in [-0.1, -0.05) is 30.3 Å². The molecule has 0 aliphatic heterocycles. The lowest BCUT2D eigenvalue weighted by molar-refractivity contribution is 0.0950. The summed E-state index contributed by atoms with van der Waals surface area (Å²) in [6.07, 6.45) is 0. The summed E-state index contributed by atoms with van der Waals surface area (Å²) < 4.78 is 0.813. The van der Waals surface area contributed by atoms with E-state index in [1.165, 1.54) is 0 Å². The predicted molar refractivity (Wildman–Crippen MR) is 84.4 cm³/mol. The van der Waals surface area contributed by atoms with Gasteiger partial charge in [-0.25, -0.2) is 0 Å². The Balaban J connectivity index is 2.00. The van der Waals surface area contributed by atoms with E-state index in [0.29, 0.717) is 18.7 Å². The SMILES string of the molecule is Cc1ccc(C(=O)NCc2ccc(CN)cc2)c(Br)c1. The van der Waals surface area contributed by atoms with Crippen molar-refractivity contribution in [2.75, 3.05) is 0 Å². The molecule has 2 rings (SSSR count). The summed E-state index contributed by atoms with van der Waals surface area (Å²) in [5.74, 6) is -0.0835. The number of nitrogens with two attached hydrogens (primary N) is 1. The maximum atomic E-state index is 12.1. The Morgan fingerprint density at radius 1 is 1.15 bits per heavy atom. The zero-order chi connectivity index (χ0) is 14.5. The summed E-state index contributed by atoms with van der Waals surface area (Å²) in [5.41, 5.74) is 9.45. The van der Waals surface area contributed by atoms with Crippen molar-refractivity contribution in [2.24, 2.45) is 5.73 Å². The molecular weight excluding hydrogens is 316 g/mol. The van der Waals surface area contributed by atoms with Crippen LogP contribution in [0.2, 0.25) is 0 Å². The van der Waals surface area contributed by atoms with Gasteiger partial charge >= 0.3 is 0 Å². The maximum Gasteiger partial charge on any atom is 0.252 e. The highest BCUT2D eigenvalue weighted by Crippen LogP contribution is 2.18. The molecule has 0 saturated carbocycles. The van der Waals surface area contributed by atoms with E-state index in [0.717, 1.165) is 21.2 Å². The minimum Gasteiger partial charge on any atom is -0.348 e. The van der Waals surface area contributed by atoms with E-state index in [-0.39, 0.29) is 5.91 Å². The molecule has 4 heteroatoms. The van der Waals surface area contributed by atoms with E-state index in [4.69, 9.17) is 5.73 Å². The third-order valence-electron chi connectivity index (χ3n) is 3.08. The topological polar surface area (TPSA) is 55.1 Å². The molecule has 104 valence electrons. The van der Waals surface area contributed by atoms with Gasteiger partial charge in [0.1, 0.15) is 0 Å². The minimum absolute atomic E-state index is 0.0835. The van der Waals surface area contributed by atoms with Crippen LogP contribution in [0.3, 0.4) is 0 Å². The van der Waals surface area contributed by atoms with Crippen LogP contribution in [-0.4, -0.2) is 5.91 Å². The molecule has 1 amide bonds. The molecular formula is C16H17BrN2O. The van der Waals surface area contributed by atoms with E-state index in [1.807, 2.05) is 49.4 Å². The van der Waals surface area contributed by atoms with E-state index in [1.54, 1.807) is 0 Å². The van der Waals surface area contributed by atoms with Crippen LogP contribution in [0.5, 0.6) is 0 Å². The third kappa shape index (κ3) is 3.68. The third-order valence-corrected chi connectivity index (χ3v) is 3.74. The van der Waals surface area contributed by atoms with Gasteiger partial charge in [0.2, 0.25) is 0 Å². The van der Waals surface area contributed by atoms with Gasteiger partial charge in [-0.05, 0) is 51.7 Å². The smallest absolute Gasteiger partial charge is 0.252 e. The van der Waals surface area contributed by atoms with Crippen molar-refractivity contribution in [3.63, 3.8) is 0 Å². The highest BCUT2D eigenvalue weighted by molar-refractivity contribution is 9.10. The van der Waals surface area contributed by atoms with E-state index < -0.39 is 0 Å². The van der Waals surface area contributed by atoms with Gasteiger partial charge < -0.3 is 11.1 Å². The van der Waals surface area contributed by atoms with Crippen LogP contribution in [0.4, 0.5) is 0 Å². The average Bonchev–Trinajstić information content (AvgIpc) is 2.45. The molecule has 3 N–H and O–H groups in total. The summed E-state index contributed by atoms with van der Waals surface area (Å²) in [6, 6.07) is 13.6. The lowest BCUT2D eigenvalue weighted by Gasteiger charge is -2.08. The highest BCUT2D eigenvalue weighted by Gasteiger charge is 2.09. The van der Waals surface area contributed by atoms with Crippen LogP contribution in [0.25, 0.3) is 0 Å². The fourth-order valence-electron chi connectivity index (χ4n) is 1.88. The molecule has 0 atom stereocenters. The quantitative estimate of drug-likeness (QED) is 0.903. The first-order valence-electron chi connectivity index (χ1n) is 6.42. The van der Waals surface area contributed by atoms with Crippen LogP contribution >= 0.6 is 15.9 Å². The number of rotatable bonds is 4. The molecule has 0 radical (unpaired) electrons. The van der Waals surface area contributed by atoms with E-state index in [9.17, 15) is 4.79 Å². The number of carbonyl (C=O) groups is 1. The Labute approximate surface area is 127 Å². The fraction of sp³-hybridized carbons (Fsp3) is 0.188.